The lowest BCUT2D eigenvalue weighted by Gasteiger charge is -2.32. The van der Waals surface area contributed by atoms with Crippen LogP contribution in [0.5, 0.6) is 5.75 Å². The highest BCUT2D eigenvalue weighted by Crippen LogP contribution is 2.25. The monoisotopic (exact) mass is 2060 g/mol. The molecule has 0 saturated carbocycles. The van der Waals surface area contributed by atoms with Crippen molar-refractivity contribution in [2.75, 3.05) is 39.3 Å². The quantitative estimate of drug-likeness (QED) is 0.0142. The number of aromatic hydroxyl groups is 1. The zero-order valence-electron chi connectivity index (χ0n) is 84.3. The predicted octanol–water partition coefficient (Wildman–Crippen LogP) is -6.20. The molecule has 5 rings (SSSR count). The van der Waals surface area contributed by atoms with Crippen LogP contribution < -0.4 is 125 Å². The number of phenolic OH excluding ortho intramolecular Hbond substituents is 1. The third-order valence-corrected chi connectivity index (χ3v) is 24.4. The first-order chi connectivity index (χ1) is 69.4. The van der Waals surface area contributed by atoms with Gasteiger partial charge in [0, 0.05) is 51.9 Å². The number of guanidine groups is 2. The van der Waals surface area contributed by atoms with Gasteiger partial charge < -0.3 is 150 Å². The molecule has 2 fully saturated rings. The van der Waals surface area contributed by atoms with E-state index >= 15 is 14.4 Å². The van der Waals surface area contributed by atoms with Crippen molar-refractivity contribution in [1.29, 1.82) is 10.8 Å². The van der Waals surface area contributed by atoms with Gasteiger partial charge in [0.2, 0.25) is 112 Å². The number of aliphatic carboxylic acids is 2. The Morgan fingerprint density at radius 3 is 1.19 bits per heavy atom. The fraction of sp³-hybridized carbons (Fsp3) is 0.573. The summed E-state index contributed by atoms with van der Waals surface area (Å²) in [5, 5.41) is 88.9. The van der Waals surface area contributed by atoms with Gasteiger partial charge in [-0.3, -0.25) is 112 Å². The maximum absolute atomic E-state index is 15.1. The van der Waals surface area contributed by atoms with Crippen LogP contribution in [-0.4, -0.2) is 303 Å². The van der Waals surface area contributed by atoms with Crippen LogP contribution in [0.15, 0.2) is 84.9 Å². The highest BCUT2D eigenvalue weighted by atomic mass is 16.4. The minimum absolute atomic E-state index is 0.0195. The number of hydrogen-bond donors (Lipinski definition) is 28. The summed E-state index contributed by atoms with van der Waals surface area (Å²) in [6, 6.07) is -3.31. The van der Waals surface area contributed by atoms with E-state index in [9.17, 15) is 102 Å². The number of unbranched alkanes of at least 4 members (excludes halogenated alkanes) is 1. The number of nitrogens with zero attached hydrogens (tertiary/aromatic N) is 2. The van der Waals surface area contributed by atoms with Crippen molar-refractivity contribution in [3.63, 3.8) is 0 Å². The van der Waals surface area contributed by atoms with Crippen LogP contribution >= 0.6 is 0 Å². The third-order valence-electron chi connectivity index (χ3n) is 24.4. The first kappa shape index (κ1) is 122. The molecular formula is C96H147N27O24. The van der Waals surface area contributed by atoms with Crippen LogP contribution in [0.2, 0.25) is 0 Å². The zero-order chi connectivity index (χ0) is 110. The molecule has 2 aliphatic rings. The average Bonchev–Trinajstić information content (AvgIpc) is 1.75. The molecule has 0 aromatic heterocycles. The molecule has 810 valence electrons. The van der Waals surface area contributed by atoms with Gasteiger partial charge in [0.25, 0.3) is 0 Å². The molecule has 51 heteroatoms. The summed E-state index contributed by atoms with van der Waals surface area (Å²) >= 11 is 0. The number of hydrogen-bond acceptors (Lipinski definition) is 26. The number of phenols is 1. The van der Waals surface area contributed by atoms with E-state index in [0.717, 1.165) is 9.80 Å². The third kappa shape index (κ3) is 42.6. The SMILES string of the molecule is CC[C@H](C)[C@H](NC(=O)[C@H](CCCNC(=N)N)NC(=O)[C@H](Cc1ccccc1)NC(=O)[C@@H](NC(=O)[C@H](CCCNC(=N)N)NC(=O)[C@H](Cc1ccc(O)cc1)NC(=O)[C@H](CCC(N)=O)NC(=O)[C@H](C)NC(=O)[C@H](C)N)C(C)C)C(=O)N[C@@H](C)C(=O)N[C@@H](CC(C)C)C(=O)N1CCC[C@H]1C(=O)N[C@@H](CC(=O)O)C(=O)N1CCC[C@H]1C(=O)N[C@@H](CC(N)=O)C(=O)N[C@@H](CCCCN)C(=O)N[C@@H](Cc1ccccc1)C(=O)NCC(=O)O. The van der Waals surface area contributed by atoms with Crippen molar-refractivity contribution >= 4 is 136 Å². The maximum atomic E-state index is 15.1. The summed E-state index contributed by atoms with van der Waals surface area (Å²) in [4.78, 5) is 295. The molecule has 0 bridgehead atoms. The molecular weight excluding hydrogens is 1920 g/mol. The van der Waals surface area contributed by atoms with Gasteiger partial charge in [-0.1, -0.05) is 121 Å². The van der Waals surface area contributed by atoms with E-state index in [1.165, 1.54) is 45.0 Å². The number of nitrogens with one attached hydrogen (secondary N) is 19. The summed E-state index contributed by atoms with van der Waals surface area (Å²) < 4.78 is 0. The Hall–Kier alpha value is -15.2. The Labute approximate surface area is 851 Å². The van der Waals surface area contributed by atoms with Gasteiger partial charge in [-0.15, -0.1) is 0 Å². The lowest BCUT2D eigenvalue weighted by molar-refractivity contribution is -0.147. The molecule has 3 aromatic carbocycles. The van der Waals surface area contributed by atoms with Crippen LogP contribution in [0.3, 0.4) is 0 Å². The van der Waals surface area contributed by atoms with Crippen LogP contribution in [0.1, 0.15) is 188 Å². The van der Waals surface area contributed by atoms with E-state index in [-0.39, 0.29) is 141 Å². The van der Waals surface area contributed by atoms with Crippen molar-refractivity contribution < 1.29 is 116 Å². The highest BCUT2D eigenvalue weighted by Gasteiger charge is 2.46. The van der Waals surface area contributed by atoms with Crippen LogP contribution in [0.4, 0.5) is 0 Å². The molecule has 18 atom stereocenters. The Morgan fingerprint density at radius 1 is 0.388 bits per heavy atom. The van der Waals surface area contributed by atoms with Crippen molar-refractivity contribution in [1.82, 2.24) is 100 Å². The van der Waals surface area contributed by atoms with Crippen molar-refractivity contribution in [2.45, 2.75) is 293 Å². The first-order valence-electron chi connectivity index (χ1n) is 49.0. The molecule has 0 aliphatic carbocycles. The number of rotatable bonds is 63. The largest absolute Gasteiger partial charge is 0.508 e. The van der Waals surface area contributed by atoms with Gasteiger partial charge in [-0.2, -0.15) is 0 Å². The molecule has 0 unspecified atom stereocenters. The van der Waals surface area contributed by atoms with Crippen LogP contribution in [0, 0.1) is 28.6 Å². The van der Waals surface area contributed by atoms with Crippen LogP contribution in [-0.2, 0) is 120 Å². The molecule has 147 heavy (non-hydrogen) atoms. The summed E-state index contributed by atoms with van der Waals surface area (Å²) in [6.07, 6.45) is -2.96. The highest BCUT2D eigenvalue weighted by molar-refractivity contribution is 6.03. The second kappa shape index (κ2) is 61.8. The molecule has 34 N–H and O–H groups in total. The van der Waals surface area contributed by atoms with E-state index in [1.54, 1.807) is 102 Å². The minimum atomic E-state index is -1.90. The number of benzene rings is 3. The number of carbonyl (C=O) groups is 21. The van der Waals surface area contributed by atoms with E-state index in [0.29, 0.717) is 23.1 Å². The predicted molar refractivity (Wildman–Crippen MR) is 534 cm³/mol. The van der Waals surface area contributed by atoms with Crippen molar-refractivity contribution in [3.05, 3.63) is 102 Å². The fourth-order valence-electron chi connectivity index (χ4n) is 16.2. The molecule has 2 aliphatic heterocycles. The van der Waals surface area contributed by atoms with Gasteiger partial charge in [-0.05, 0) is 157 Å². The fourth-order valence-corrected chi connectivity index (χ4v) is 16.2. The van der Waals surface area contributed by atoms with Gasteiger partial charge in [0.1, 0.15) is 109 Å². The molecule has 19 amide bonds. The minimum Gasteiger partial charge on any atom is -0.508 e. The van der Waals surface area contributed by atoms with Gasteiger partial charge >= 0.3 is 11.9 Å². The molecule has 51 nitrogen and oxygen atoms in total. The summed E-state index contributed by atoms with van der Waals surface area (Å²) in [5.74, 6) is -23.9. The van der Waals surface area contributed by atoms with Crippen molar-refractivity contribution in [3.8, 4) is 5.75 Å². The number of primary amides is 2. The van der Waals surface area contributed by atoms with E-state index in [4.69, 9.17) is 45.2 Å². The summed E-state index contributed by atoms with van der Waals surface area (Å²) in [5.41, 5.74) is 35.1. The molecule has 3 aromatic rings. The van der Waals surface area contributed by atoms with Crippen LogP contribution in [0.25, 0.3) is 0 Å². The Kier molecular flexibility index (Phi) is 51.4. The number of carboxylic acid groups (broad SMARTS) is 2. The molecule has 0 radical (unpaired) electrons. The molecule has 2 saturated heterocycles. The zero-order valence-corrected chi connectivity index (χ0v) is 84.3. The number of likely N-dealkylation sites (tertiary alicyclic amines) is 2. The van der Waals surface area contributed by atoms with Gasteiger partial charge in [-0.25, -0.2) is 0 Å². The second-order valence-corrected chi connectivity index (χ2v) is 37.4. The topological polar surface area (TPSA) is 834 Å². The number of nitrogens with two attached hydrogens (primary N) is 6. The second-order valence-electron chi connectivity index (χ2n) is 37.4. The molecule has 0 spiro atoms. The Balaban J connectivity index is 1.36. The standard InChI is InChI=1S/C96H147N27O24/c1-10-52(6)77(92(145)109-55(9)80(133)118-68(43-50(2)3)93(146)122-41-22-31-71(122)90(143)119-69(48-74(127)128)94(147)123-42-21-30-70(123)89(142)116-67(47-73(100)126)88(141)111-60(27-17-18-38-97)82(135)114-64(81(134)107-49-75(129)130)44-56-23-13-11-14-24-56)121-85(138)62(29-20-40-106-96(103)104)113-87(140)66(45-57-25-15-12-16-26-57)117-91(144)76(51(4)5)120-84(137)61(28-19-39-105-95(101)102)112-86(139)65(46-58-32-34-59(124)35-33-58)115-83(136)63(36-37-72(99)125)110-79(132)54(8)108-78(131)53(7)98/h11-16,23-26,32-35,50-55,60-71,76-77,124H,10,17-22,27-31,36-49,97-98H2,1-9H3,(H2,99,125)(H2,100,126)(H,107,134)(H,108,131)(H,109,145)(H,110,132)(H,111,141)(H,112,139)(H,113,140)(H,114,135)(H,115,136)(H,116,142)(H,117,144)(H,118,133)(H,119,143)(H,120,137)(H,121,138)(H,127,128)(H,129,130)(H4,101,102,105)(H4,103,104,106)/t52-,53-,54-,55-,60-,61-,62-,63-,64-,65-,66-,67-,68-,69-,70-,71-,76-,77-/m0/s1. The number of carboxylic acids is 2. The smallest absolute Gasteiger partial charge is 0.322 e. The van der Waals surface area contributed by atoms with Crippen molar-refractivity contribution in [2.24, 2.45) is 52.2 Å². The van der Waals surface area contributed by atoms with E-state index in [2.05, 4.69) is 90.4 Å². The van der Waals surface area contributed by atoms with Gasteiger partial charge in [0.15, 0.2) is 11.9 Å². The summed E-state index contributed by atoms with van der Waals surface area (Å²) in [7, 11) is 0. The lowest BCUT2D eigenvalue weighted by Crippen LogP contribution is -2.62. The maximum Gasteiger partial charge on any atom is 0.322 e. The van der Waals surface area contributed by atoms with Gasteiger partial charge in [0.05, 0.1) is 18.9 Å². The lowest BCUT2D eigenvalue weighted by atomic mass is 9.97. The normalized spacial score (nSPS) is 16.4. The Bertz CT molecular complexity index is 5060. The average molecular weight is 2060 g/mol. The van der Waals surface area contributed by atoms with E-state index < -0.39 is 283 Å². The summed E-state index contributed by atoms with van der Waals surface area (Å²) in [6.45, 7) is 12.9. The van der Waals surface area contributed by atoms with E-state index in [1.807, 2.05) is 0 Å². The molecule has 2 heterocycles. The number of carbonyl (C=O) groups excluding carboxylic acids is 19. The number of amides is 19. The Morgan fingerprint density at radius 2 is 0.769 bits per heavy atom. The first-order valence-corrected chi connectivity index (χ1v) is 49.0.